The summed E-state index contributed by atoms with van der Waals surface area (Å²) in [6, 6.07) is 2.87. The lowest BCUT2D eigenvalue weighted by Crippen LogP contribution is -2.22. The van der Waals surface area contributed by atoms with E-state index in [-0.39, 0.29) is 5.75 Å². The van der Waals surface area contributed by atoms with Crippen molar-refractivity contribution in [3.05, 3.63) is 24.5 Å². The third-order valence-electron chi connectivity index (χ3n) is 1.22. The minimum absolute atomic E-state index is 0.0632. The van der Waals surface area contributed by atoms with Crippen LogP contribution < -0.4 is 4.74 Å². The van der Waals surface area contributed by atoms with Crippen molar-refractivity contribution in [2.45, 2.75) is 6.36 Å². The monoisotopic (exact) mass is 221 g/mol. The average Bonchev–Trinajstić information content (AvgIpc) is 2.15. The standard InChI is InChI=1S/C8H6F3NO3/c9-8(10,11)14-5-7(13)15-6-2-1-3-12-4-6/h1-4H,5H2. The zero-order chi connectivity index (χ0) is 11.3. The normalized spacial score (nSPS) is 11.1. The van der Waals surface area contributed by atoms with Crippen LogP contribution in [-0.2, 0) is 9.53 Å². The molecule has 0 aliphatic carbocycles. The smallest absolute Gasteiger partial charge is 0.423 e. The molecule has 0 fully saturated rings. The van der Waals surface area contributed by atoms with E-state index in [2.05, 4.69) is 14.5 Å². The maximum Gasteiger partial charge on any atom is 0.523 e. The van der Waals surface area contributed by atoms with E-state index in [1.54, 1.807) is 0 Å². The molecule has 7 heteroatoms. The first-order valence-corrected chi connectivity index (χ1v) is 3.79. The van der Waals surface area contributed by atoms with Crippen molar-refractivity contribution in [3.8, 4) is 5.75 Å². The highest BCUT2D eigenvalue weighted by Crippen LogP contribution is 2.16. The predicted octanol–water partition coefficient (Wildman–Crippen LogP) is 1.52. The van der Waals surface area contributed by atoms with Crippen LogP contribution in [0.1, 0.15) is 0 Å². The number of esters is 1. The molecule has 0 unspecified atom stereocenters. The molecule has 0 radical (unpaired) electrons. The third-order valence-corrected chi connectivity index (χ3v) is 1.22. The lowest BCUT2D eigenvalue weighted by atomic mass is 10.5. The molecule has 0 atom stereocenters. The zero-order valence-electron chi connectivity index (χ0n) is 7.32. The van der Waals surface area contributed by atoms with E-state index >= 15 is 0 Å². The topological polar surface area (TPSA) is 48.4 Å². The Morgan fingerprint density at radius 2 is 2.20 bits per heavy atom. The summed E-state index contributed by atoms with van der Waals surface area (Å²) in [5, 5.41) is 0. The van der Waals surface area contributed by atoms with Crippen LogP contribution in [0.15, 0.2) is 24.5 Å². The highest BCUT2D eigenvalue weighted by atomic mass is 19.4. The van der Waals surface area contributed by atoms with Crippen LogP contribution in [0.5, 0.6) is 5.75 Å². The van der Waals surface area contributed by atoms with Crippen molar-refractivity contribution in [1.82, 2.24) is 4.98 Å². The Hall–Kier alpha value is -1.63. The Morgan fingerprint density at radius 3 is 2.73 bits per heavy atom. The number of carbonyl (C=O) groups excluding carboxylic acids is 1. The van der Waals surface area contributed by atoms with Gasteiger partial charge < -0.3 is 4.74 Å². The Kier molecular flexibility index (Phi) is 3.62. The van der Waals surface area contributed by atoms with Gasteiger partial charge in [-0.2, -0.15) is 0 Å². The van der Waals surface area contributed by atoms with Gasteiger partial charge in [0.25, 0.3) is 0 Å². The maximum absolute atomic E-state index is 11.5. The molecule has 1 aromatic rings. The zero-order valence-corrected chi connectivity index (χ0v) is 7.32. The number of alkyl halides is 3. The predicted molar refractivity (Wildman–Crippen MR) is 41.9 cm³/mol. The van der Waals surface area contributed by atoms with Crippen LogP contribution in [0.3, 0.4) is 0 Å². The van der Waals surface area contributed by atoms with Crippen molar-refractivity contribution >= 4 is 5.97 Å². The molecule has 1 rings (SSSR count). The number of hydrogen-bond acceptors (Lipinski definition) is 4. The van der Waals surface area contributed by atoms with Crippen molar-refractivity contribution in [1.29, 1.82) is 0 Å². The molecule has 1 heterocycles. The Bertz CT molecular complexity index is 326. The van der Waals surface area contributed by atoms with Gasteiger partial charge in [0, 0.05) is 6.20 Å². The maximum atomic E-state index is 11.5. The number of carbonyl (C=O) groups is 1. The average molecular weight is 221 g/mol. The van der Waals surface area contributed by atoms with E-state index in [1.807, 2.05) is 0 Å². The molecule has 0 aliphatic heterocycles. The number of nitrogens with zero attached hydrogens (tertiary/aromatic N) is 1. The van der Waals surface area contributed by atoms with E-state index in [0.717, 1.165) is 0 Å². The first-order chi connectivity index (χ1) is 6.97. The van der Waals surface area contributed by atoms with Crippen LogP contribution in [0, 0.1) is 0 Å². The first kappa shape index (κ1) is 11.4. The van der Waals surface area contributed by atoms with Gasteiger partial charge in [0.05, 0.1) is 6.20 Å². The molecule has 15 heavy (non-hydrogen) atoms. The Morgan fingerprint density at radius 1 is 1.47 bits per heavy atom. The quantitative estimate of drug-likeness (QED) is 0.726. The summed E-state index contributed by atoms with van der Waals surface area (Å²) in [4.78, 5) is 14.4. The summed E-state index contributed by atoms with van der Waals surface area (Å²) in [6.45, 7) is -1.18. The summed E-state index contributed by atoms with van der Waals surface area (Å²) in [6.07, 6.45) is -2.21. The van der Waals surface area contributed by atoms with Gasteiger partial charge in [-0.15, -0.1) is 13.2 Å². The summed E-state index contributed by atoms with van der Waals surface area (Å²) in [5.41, 5.74) is 0. The highest BCUT2D eigenvalue weighted by molar-refractivity contribution is 5.73. The number of aromatic nitrogens is 1. The molecule has 0 amide bonds. The lowest BCUT2D eigenvalue weighted by Gasteiger charge is -2.06. The largest absolute Gasteiger partial charge is 0.523 e. The highest BCUT2D eigenvalue weighted by Gasteiger charge is 2.30. The Balaban J connectivity index is 2.38. The van der Waals surface area contributed by atoms with E-state index < -0.39 is 18.9 Å². The lowest BCUT2D eigenvalue weighted by molar-refractivity contribution is -0.322. The van der Waals surface area contributed by atoms with Gasteiger partial charge >= 0.3 is 12.3 Å². The molecule has 4 nitrogen and oxygen atoms in total. The third kappa shape index (κ3) is 4.96. The molecule has 0 saturated carbocycles. The van der Waals surface area contributed by atoms with E-state index in [1.165, 1.54) is 24.5 Å². The van der Waals surface area contributed by atoms with E-state index in [9.17, 15) is 18.0 Å². The van der Waals surface area contributed by atoms with Gasteiger partial charge in [-0.25, -0.2) is 4.79 Å². The van der Waals surface area contributed by atoms with Crippen LogP contribution >= 0.6 is 0 Å². The van der Waals surface area contributed by atoms with Gasteiger partial charge in [0.15, 0.2) is 6.61 Å². The van der Waals surface area contributed by atoms with E-state index in [0.29, 0.717) is 0 Å². The van der Waals surface area contributed by atoms with Crippen molar-refractivity contribution in [2.75, 3.05) is 6.61 Å². The molecule has 0 spiro atoms. The summed E-state index contributed by atoms with van der Waals surface area (Å²) < 4.78 is 42.3. The molecular weight excluding hydrogens is 215 g/mol. The minimum Gasteiger partial charge on any atom is -0.423 e. The molecule has 0 N–H and O–H groups in total. The SMILES string of the molecule is O=C(COC(F)(F)F)Oc1cccnc1. The van der Waals surface area contributed by atoms with Crippen molar-refractivity contribution in [3.63, 3.8) is 0 Å². The molecule has 1 aromatic heterocycles. The fourth-order valence-corrected chi connectivity index (χ4v) is 0.709. The molecule has 0 saturated heterocycles. The van der Waals surface area contributed by atoms with Crippen LogP contribution in [0.25, 0.3) is 0 Å². The summed E-state index contributed by atoms with van der Waals surface area (Å²) in [7, 11) is 0. The Labute approximate surface area is 82.6 Å². The fourth-order valence-electron chi connectivity index (χ4n) is 0.709. The number of halogens is 3. The van der Waals surface area contributed by atoms with Gasteiger partial charge in [-0.05, 0) is 12.1 Å². The van der Waals surface area contributed by atoms with Crippen LogP contribution in [0.4, 0.5) is 13.2 Å². The second kappa shape index (κ2) is 4.74. The molecule has 0 bridgehead atoms. The van der Waals surface area contributed by atoms with Crippen LogP contribution in [0.2, 0.25) is 0 Å². The summed E-state index contributed by atoms with van der Waals surface area (Å²) >= 11 is 0. The molecule has 0 aliphatic rings. The summed E-state index contributed by atoms with van der Waals surface area (Å²) in [5.74, 6) is -1.08. The fraction of sp³-hybridized carbons (Fsp3) is 0.250. The van der Waals surface area contributed by atoms with E-state index in [4.69, 9.17) is 0 Å². The second-order valence-corrected chi connectivity index (χ2v) is 2.40. The molecular formula is C8H6F3NO3. The number of ether oxygens (including phenoxy) is 2. The van der Waals surface area contributed by atoms with Gasteiger partial charge in [0.1, 0.15) is 5.75 Å². The number of rotatable bonds is 3. The van der Waals surface area contributed by atoms with Crippen molar-refractivity contribution < 1.29 is 27.4 Å². The van der Waals surface area contributed by atoms with Gasteiger partial charge in [-0.3, -0.25) is 9.72 Å². The van der Waals surface area contributed by atoms with Crippen LogP contribution in [-0.4, -0.2) is 23.9 Å². The second-order valence-electron chi connectivity index (χ2n) is 2.40. The van der Waals surface area contributed by atoms with Gasteiger partial charge in [0.2, 0.25) is 0 Å². The van der Waals surface area contributed by atoms with Crippen molar-refractivity contribution in [2.24, 2.45) is 0 Å². The first-order valence-electron chi connectivity index (χ1n) is 3.79. The number of pyridine rings is 1. The number of hydrogen-bond donors (Lipinski definition) is 0. The van der Waals surface area contributed by atoms with Gasteiger partial charge in [-0.1, -0.05) is 0 Å². The minimum atomic E-state index is -4.84. The molecule has 0 aromatic carbocycles. The molecule has 82 valence electrons.